The molecule has 32 heavy (non-hydrogen) atoms. The van der Waals surface area contributed by atoms with Gasteiger partial charge in [0.05, 0.1) is 25.0 Å². The number of esters is 1. The highest BCUT2D eigenvalue weighted by Crippen LogP contribution is 2.36. The zero-order valence-electron chi connectivity index (χ0n) is 18.6. The van der Waals surface area contributed by atoms with E-state index in [9.17, 15) is 14.4 Å². The van der Waals surface area contributed by atoms with Crippen molar-refractivity contribution in [2.45, 2.75) is 27.1 Å². The molecule has 2 aromatic carbocycles. The fourth-order valence-electron chi connectivity index (χ4n) is 3.31. The van der Waals surface area contributed by atoms with Gasteiger partial charge in [-0.25, -0.2) is 9.69 Å². The van der Waals surface area contributed by atoms with E-state index >= 15 is 0 Å². The SMILES string of the molecule is COc1cc(N2C(=O)C(C)C(C)C2=O)ccc1OC(C)OCCOC(=O)c1ccccc1. The molecule has 0 N–H and O–H groups in total. The molecule has 3 rings (SSSR count). The molecule has 1 aliphatic rings. The predicted octanol–water partition coefficient (Wildman–Crippen LogP) is 3.44. The van der Waals surface area contributed by atoms with Gasteiger partial charge in [-0.2, -0.15) is 0 Å². The van der Waals surface area contributed by atoms with E-state index in [4.69, 9.17) is 18.9 Å². The first kappa shape index (κ1) is 23.3. The fraction of sp³-hybridized carbons (Fsp3) is 0.375. The molecule has 1 fully saturated rings. The quantitative estimate of drug-likeness (QED) is 0.255. The molecule has 0 radical (unpaired) electrons. The molecule has 0 aliphatic carbocycles. The summed E-state index contributed by atoms with van der Waals surface area (Å²) in [6.07, 6.45) is -0.653. The number of methoxy groups -OCH3 is 1. The van der Waals surface area contributed by atoms with Crippen molar-refractivity contribution in [2.75, 3.05) is 25.2 Å². The fourth-order valence-corrected chi connectivity index (χ4v) is 3.31. The van der Waals surface area contributed by atoms with Crippen molar-refractivity contribution in [3.05, 3.63) is 54.1 Å². The van der Waals surface area contributed by atoms with Gasteiger partial charge in [0.1, 0.15) is 6.61 Å². The minimum atomic E-state index is -0.653. The summed E-state index contributed by atoms with van der Waals surface area (Å²) in [5.74, 6) is -0.872. The molecule has 2 amide bonds. The summed E-state index contributed by atoms with van der Waals surface area (Å²) >= 11 is 0. The smallest absolute Gasteiger partial charge is 0.338 e. The summed E-state index contributed by atoms with van der Waals surface area (Å²) in [5, 5.41) is 0. The first-order chi connectivity index (χ1) is 15.3. The first-order valence-electron chi connectivity index (χ1n) is 10.4. The van der Waals surface area contributed by atoms with Gasteiger partial charge in [-0.15, -0.1) is 0 Å². The van der Waals surface area contributed by atoms with Crippen molar-refractivity contribution in [2.24, 2.45) is 11.8 Å². The van der Waals surface area contributed by atoms with Crippen LogP contribution in [0, 0.1) is 11.8 Å². The van der Waals surface area contributed by atoms with E-state index in [1.807, 2.05) is 6.07 Å². The van der Waals surface area contributed by atoms with Crippen LogP contribution in [0.25, 0.3) is 0 Å². The molecular weight excluding hydrogens is 414 g/mol. The minimum Gasteiger partial charge on any atom is -0.493 e. The molecule has 1 aliphatic heterocycles. The number of benzene rings is 2. The van der Waals surface area contributed by atoms with Gasteiger partial charge in [-0.1, -0.05) is 32.0 Å². The van der Waals surface area contributed by atoms with Crippen LogP contribution < -0.4 is 14.4 Å². The number of hydrogen-bond donors (Lipinski definition) is 0. The van der Waals surface area contributed by atoms with E-state index in [0.717, 1.165) is 0 Å². The monoisotopic (exact) mass is 441 g/mol. The van der Waals surface area contributed by atoms with Crippen LogP contribution in [0.4, 0.5) is 5.69 Å². The standard InChI is InChI=1S/C24H27NO7/c1-15-16(2)23(27)25(22(15)26)19-10-11-20(21(14-19)29-4)32-17(3)30-12-13-31-24(28)18-8-6-5-7-9-18/h5-11,14-17H,12-13H2,1-4H3. The van der Waals surface area contributed by atoms with Crippen LogP contribution in [-0.2, 0) is 19.1 Å². The Labute approximate surface area is 187 Å². The molecule has 8 nitrogen and oxygen atoms in total. The van der Waals surface area contributed by atoms with E-state index in [0.29, 0.717) is 22.7 Å². The maximum Gasteiger partial charge on any atom is 0.338 e. The van der Waals surface area contributed by atoms with Crippen molar-refractivity contribution in [1.82, 2.24) is 0 Å². The van der Waals surface area contributed by atoms with Crippen LogP contribution in [0.2, 0.25) is 0 Å². The molecule has 0 saturated carbocycles. The summed E-state index contributed by atoms with van der Waals surface area (Å²) < 4.78 is 21.9. The van der Waals surface area contributed by atoms with Gasteiger partial charge in [0, 0.05) is 17.9 Å². The maximum atomic E-state index is 12.5. The third-order valence-corrected chi connectivity index (χ3v) is 5.35. The lowest BCUT2D eigenvalue weighted by Crippen LogP contribution is -2.30. The molecule has 0 aromatic heterocycles. The summed E-state index contributed by atoms with van der Waals surface area (Å²) in [6, 6.07) is 13.5. The lowest BCUT2D eigenvalue weighted by molar-refractivity contribution is -0.122. The van der Waals surface area contributed by atoms with Gasteiger partial charge in [-0.05, 0) is 31.2 Å². The number of carbonyl (C=O) groups is 3. The second-order valence-electron chi connectivity index (χ2n) is 7.48. The second-order valence-corrected chi connectivity index (χ2v) is 7.48. The van der Waals surface area contributed by atoms with Crippen molar-refractivity contribution in [3.63, 3.8) is 0 Å². The molecule has 3 atom stereocenters. The topological polar surface area (TPSA) is 91.4 Å². The number of hydrogen-bond acceptors (Lipinski definition) is 7. The largest absolute Gasteiger partial charge is 0.493 e. The molecule has 8 heteroatoms. The van der Waals surface area contributed by atoms with Gasteiger partial charge in [0.2, 0.25) is 11.8 Å². The number of nitrogens with zero attached hydrogens (tertiary/aromatic N) is 1. The maximum absolute atomic E-state index is 12.5. The van der Waals surface area contributed by atoms with Crippen molar-refractivity contribution in [3.8, 4) is 11.5 Å². The highest BCUT2D eigenvalue weighted by Gasteiger charge is 2.43. The molecule has 3 unspecified atom stereocenters. The highest BCUT2D eigenvalue weighted by molar-refractivity contribution is 6.21. The molecular formula is C24H27NO7. The number of amides is 2. The average Bonchev–Trinajstić information content (AvgIpc) is 3.00. The van der Waals surface area contributed by atoms with Crippen LogP contribution in [0.1, 0.15) is 31.1 Å². The Morgan fingerprint density at radius 1 is 0.969 bits per heavy atom. The van der Waals surface area contributed by atoms with E-state index in [1.165, 1.54) is 12.0 Å². The summed E-state index contributed by atoms with van der Waals surface area (Å²) in [5.41, 5.74) is 0.905. The zero-order valence-corrected chi connectivity index (χ0v) is 18.6. The van der Waals surface area contributed by atoms with E-state index in [2.05, 4.69) is 0 Å². The summed E-state index contributed by atoms with van der Waals surface area (Å²) in [4.78, 5) is 38.0. The van der Waals surface area contributed by atoms with Gasteiger partial charge in [-0.3, -0.25) is 9.59 Å². The average molecular weight is 441 g/mol. The van der Waals surface area contributed by atoms with Crippen LogP contribution >= 0.6 is 0 Å². The molecule has 2 aromatic rings. The summed E-state index contributed by atoms with van der Waals surface area (Å²) in [6.45, 7) is 5.41. The molecule has 1 saturated heterocycles. The van der Waals surface area contributed by atoms with Crippen LogP contribution in [0.15, 0.2) is 48.5 Å². The molecule has 170 valence electrons. The van der Waals surface area contributed by atoms with E-state index < -0.39 is 12.3 Å². The number of imide groups is 1. The van der Waals surface area contributed by atoms with Gasteiger partial charge < -0.3 is 18.9 Å². The van der Waals surface area contributed by atoms with Gasteiger partial charge in [0.15, 0.2) is 17.8 Å². The Morgan fingerprint density at radius 3 is 2.25 bits per heavy atom. The minimum absolute atomic E-state index is 0.0764. The van der Waals surface area contributed by atoms with Crippen molar-refractivity contribution >= 4 is 23.5 Å². The number of rotatable bonds is 9. The number of ether oxygens (including phenoxy) is 4. The number of anilines is 1. The Morgan fingerprint density at radius 2 is 1.62 bits per heavy atom. The third kappa shape index (κ3) is 5.08. The van der Waals surface area contributed by atoms with Gasteiger partial charge in [0.25, 0.3) is 0 Å². The Hall–Kier alpha value is -3.39. The Balaban J connectivity index is 1.55. The van der Waals surface area contributed by atoms with Crippen LogP contribution in [-0.4, -0.2) is 44.4 Å². The van der Waals surface area contributed by atoms with Crippen molar-refractivity contribution in [1.29, 1.82) is 0 Å². The van der Waals surface area contributed by atoms with Crippen LogP contribution in [0.3, 0.4) is 0 Å². The second kappa shape index (κ2) is 10.3. The van der Waals surface area contributed by atoms with Crippen LogP contribution in [0.5, 0.6) is 11.5 Å². The Kier molecular flexibility index (Phi) is 7.48. The lowest BCUT2D eigenvalue weighted by atomic mass is 10.00. The molecule has 1 heterocycles. The summed E-state index contributed by atoms with van der Waals surface area (Å²) in [7, 11) is 1.47. The van der Waals surface area contributed by atoms with Gasteiger partial charge >= 0.3 is 5.97 Å². The van der Waals surface area contributed by atoms with Crippen molar-refractivity contribution < 1.29 is 33.3 Å². The highest BCUT2D eigenvalue weighted by atomic mass is 16.7. The predicted molar refractivity (Wildman–Crippen MR) is 117 cm³/mol. The Bertz CT molecular complexity index is 956. The van der Waals surface area contributed by atoms with E-state index in [-0.39, 0.29) is 36.9 Å². The molecule has 0 bridgehead atoms. The number of carbonyl (C=O) groups excluding carboxylic acids is 3. The third-order valence-electron chi connectivity index (χ3n) is 5.35. The normalized spacial score (nSPS) is 19.1. The molecule has 0 spiro atoms. The van der Waals surface area contributed by atoms with E-state index in [1.54, 1.807) is 63.2 Å². The lowest BCUT2D eigenvalue weighted by Gasteiger charge is -2.20. The first-order valence-corrected chi connectivity index (χ1v) is 10.4. The zero-order chi connectivity index (χ0) is 23.3.